The van der Waals surface area contributed by atoms with Crippen LogP contribution in [0.3, 0.4) is 0 Å². The standard InChI is InChI=1S/C22H26FN3O2/c23-20-7-1-16(2-8-20)11-14-25-21(27)18-3-5-19(6-4-18)22(28)26-15-17-9-12-24-13-10-17/h1-2,7-10,12-13,18-19H,3-6,11,14-15H2,(H,25,27)(H,26,28). The summed E-state index contributed by atoms with van der Waals surface area (Å²) < 4.78 is 12.9. The maximum absolute atomic E-state index is 12.9. The van der Waals surface area contributed by atoms with Gasteiger partial charge in [0.1, 0.15) is 5.82 Å². The zero-order valence-electron chi connectivity index (χ0n) is 15.9. The molecule has 1 aliphatic rings. The Hall–Kier alpha value is -2.76. The first kappa shape index (κ1) is 20.0. The molecular formula is C22H26FN3O2. The van der Waals surface area contributed by atoms with E-state index in [0.717, 1.165) is 36.8 Å². The maximum atomic E-state index is 12.9. The van der Waals surface area contributed by atoms with Crippen molar-refractivity contribution in [1.29, 1.82) is 0 Å². The van der Waals surface area contributed by atoms with Crippen molar-refractivity contribution >= 4 is 11.8 Å². The minimum Gasteiger partial charge on any atom is -0.356 e. The topological polar surface area (TPSA) is 71.1 Å². The second kappa shape index (κ2) is 9.97. The highest BCUT2D eigenvalue weighted by Crippen LogP contribution is 2.29. The van der Waals surface area contributed by atoms with Crippen molar-refractivity contribution in [3.05, 3.63) is 65.7 Å². The number of nitrogens with zero attached hydrogens (tertiary/aromatic N) is 1. The first-order valence-electron chi connectivity index (χ1n) is 9.80. The molecule has 0 bridgehead atoms. The van der Waals surface area contributed by atoms with Gasteiger partial charge in [-0.15, -0.1) is 0 Å². The van der Waals surface area contributed by atoms with Crippen LogP contribution in [0, 0.1) is 17.7 Å². The van der Waals surface area contributed by atoms with Crippen LogP contribution in [-0.4, -0.2) is 23.3 Å². The van der Waals surface area contributed by atoms with E-state index >= 15 is 0 Å². The van der Waals surface area contributed by atoms with Gasteiger partial charge in [-0.2, -0.15) is 0 Å². The van der Waals surface area contributed by atoms with Crippen LogP contribution in [0.5, 0.6) is 0 Å². The van der Waals surface area contributed by atoms with E-state index in [-0.39, 0.29) is 29.5 Å². The van der Waals surface area contributed by atoms with Gasteiger partial charge in [-0.05, 0) is 67.5 Å². The maximum Gasteiger partial charge on any atom is 0.223 e. The van der Waals surface area contributed by atoms with Crippen molar-refractivity contribution in [3.63, 3.8) is 0 Å². The average molecular weight is 383 g/mol. The summed E-state index contributed by atoms with van der Waals surface area (Å²) in [7, 11) is 0. The molecule has 0 atom stereocenters. The molecule has 0 aliphatic heterocycles. The molecule has 6 heteroatoms. The second-order valence-corrected chi connectivity index (χ2v) is 7.29. The average Bonchev–Trinajstić information content (AvgIpc) is 2.74. The van der Waals surface area contributed by atoms with Crippen LogP contribution in [-0.2, 0) is 22.6 Å². The third-order valence-corrected chi connectivity index (χ3v) is 5.31. The van der Waals surface area contributed by atoms with Crippen molar-refractivity contribution in [1.82, 2.24) is 15.6 Å². The number of benzene rings is 1. The summed E-state index contributed by atoms with van der Waals surface area (Å²) in [5.74, 6) is -0.193. The molecule has 1 aromatic heterocycles. The summed E-state index contributed by atoms with van der Waals surface area (Å²) in [5.41, 5.74) is 2.02. The molecule has 2 aromatic rings. The predicted molar refractivity (Wildman–Crippen MR) is 105 cm³/mol. The molecule has 3 rings (SSSR count). The third kappa shape index (κ3) is 5.87. The van der Waals surface area contributed by atoms with Gasteiger partial charge in [0.05, 0.1) is 0 Å². The Morgan fingerprint density at radius 1 is 0.857 bits per heavy atom. The summed E-state index contributed by atoms with van der Waals surface area (Å²) in [6.07, 6.45) is 7.03. The smallest absolute Gasteiger partial charge is 0.223 e. The first-order chi connectivity index (χ1) is 13.6. The number of carbonyl (C=O) groups excluding carboxylic acids is 2. The van der Waals surface area contributed by atoms with Crippen LogP contribution < -0.4 is 10.6 Å². The highest BCUT2D eigenvalue weighted by Gasteiger charge is 2.29. The van der Waals surface area contributed by atoms with Gasteiger partial charge in [-0.25, -0.2) is 4.39 Å². The highest BCUT2D eigenvalue weighted by atomic mass is 19.1. The van der Waals surface area contributed by atoms with E-state index < -0.39 is 0 Å². The molecule has 2 amide bonds. The van der Waals surface area contributed by atoms with Crippen molar-refractivity contribution in [2.45, 2.75) is 38.6 Å². The number of hydrogen-bond acceptors (Lipinski definition) is 3. The van der Waals surface area contributed by atoms with E-state index in [0.29, 0.717) is 19.5 Å². The predicted octanol–water partition coefficient (Wildman–Crippen LogP) is 3.00. The number of carbonyl (C=O) groups is 2. The lowest BCUT2D eigenvalue weighted by Gasteiger charge is -2.27. The molecule has 1 aliphatic carbocycles. The summed E-state index contributed by atoms with van der Waals surface area (Å²) in [6.45, 7) is 1.04. The lowest BCUT2D eigenvalue weighted by atomic mass is 9.81. The molecule has 28 heavy (non-hydrogen) atoms. The van der Waals surface area contributed by atoms with Crippen LogP contribution in [0.2, 0.25) is 0 Å². The van der Waals surface area contributed by atoms with Crippen LogP contribution in [0.1, 0.15) is 36.8 Å². The van der Waals surface area contributed by atoms with Gasteiger partial charge in [0.15, 0.2) is 0 Å². The largest absolute Gasteiger partial charge is 0.356 e. The normalized spacial score (nSPS) is 19.0. The molecule has 1 fully saturated rings. The molecule has 1 aromatic carbocycles. The second-order valence-electron chi connectivity index (χ2n) is 7.29. The Morgan fingerprint density at radius 3 is 2.04 bits per heavy atom. The number of nitrogens with one attached hydrogen (secondary N) is 2. The molecule has 0 saturated heterocycles. The van der Waals surface area contributed by atoms with Gasteiger partial charge >= 0.3 is 0 Å². The quantitative estimate of drug-likeness (QED) is 0.772. The van der Waals surface area contributed by atoms with Crippen LogP contribution in [0.25, 0.3) is 0 Å². The number of rotatable bonds is 7. The molecule has 5 nitrogen and oxygen atoms in total. The number of hydrogen-bond donors (Lipinski definition) is 2. The lowest BCUT2D eigenvalue weighted by Crippen LogP contribution is -2.37. The highest BCUT2D eigenvalue weighted by molar-refractivity contribution is 5.81. The fourth-order valence-corrected chi connectivity index (χ4v) is 3.58. The van der Waals surface area contributed by atoms with Crippen LogP contribution in [0.15, 0.2) is 48.8 Å². The Kier molecular flexibility index (Phi) is 7.12. The van der Waals surface area contributed by atoms with Crippen LogP contribution >= 0.6 is 0 Å². The zero-order chi connectivity index (χ0) is 19.8. The fourth-order valence-electron chi connectivity index (χ4n) is 3.58. The number of aromatic nitrogens is 1. The van der Waals surface area contributed by atoms with E-state index in [2.05, 4.69) is 15.6 Å². The van der Waals surface area contributed by atoms with Crippen molar-refractivity contribution in [3.8, 4) is 0 Å². The fraction of sp³-hybridized carbons (Fsp3) is 0.409. The SMILES string of the molecule is O=C(NCCc1ccc(F)cc1)C1CCC(C(=O)NCc2ccncc2)CC1. The summed E-state index contributed by atoms with van der Waals surface area (Å²) >= 11 is 0. The lowest BCUT2D eigenvalue weighted by molar-refractivity contribution is -0.130. The number of halogens is 1. The van der Waals surface area contributed by atoms with E-state index in [1.54, 1.807) is 24.5 Å². The number of amides is 2. The van der Waals surface area contributed by atoms with E-state index in [1.165, 1.54) is 12.1 Å². The number of pyridine rings is 1. The van der Waals surface area contributed by atoms with Crippen LogP contribution in [0.4, 0.5) is 4.39 Å². The molecular weight excluding hydrogens is 357 g/mol. The molecule has 2 N–H and O–H groups in total. The van der Waals surface area contributed by atoms with Gasteiger partial charge < -0.3 is 10.6 Å². The minimum absolute atomic E-state index is 0.0231. The molecule has 0 radical (unpaired) electrons. The van der Waals surface area contributed by atoms with E-state index in [1.807, 2.05) is 12.1 Å². The van der Waals surface area contributed by atoms with Crippen molar-refractivity contribution in [2.75, 3.05) is 6.54 Å². The van der Waals surface area contributed by atoms with Crippen molar-refractivity contribution in [2.24, 2.45) is 11.8 Å². The van der Waals surface area contributed by atoms with E-state index in [4.69, 9.17) is 0 Å². The third-order valence-electron chi connectivity index (χ3n) is 5.31. The minimum atomic E-state index is -0.255. The van der Waals surface area contributed by atoms with Gasteiger partial charge in [0.25, 0.3) is 0 Å². The van der Waals surface area contributed by atoms with Gasteiger partial charge in [0, 0.05) is 37.3 Å². The molecule has 1 heterocycles. The molecule has 1 saturated carbocycles. The Balaban J connectivity index is 1.35. The summed E-state index contributed by atoms with van der Waals surface area (Å²) in [6, 6.07) is 10.1. The zero-order valence-corrected chi connectivity index (χ0v) is 15.9. The monoisotopic (exact) mass is 383 g/mol. The Morgan fingerprint density at radius 2 is 1.43 bits per heavy atom. The van der Waals surface area contributed by atoms with Gasteiger partial charge in [-0.1, -0.05) is 12.1 Å². The van der Waals surface area contributed by atoms with Gasteiger partial charge in [-0.3, -0.25) is 14.6 Å². The van der Waals surface area contributed by atoms with Gasteiger partial charge in [0.2, 0.25) is 11.8 Å². The van der Waals surface area contributed by atoms with E-state index in [9.17, 15) is 14.0 Å². The van der Waals surface area contributed by atoms with Crippen molar-refractivity contribution < 1.29 is 14.0 Å². The molecule has 0 unspecified atom stereocenters. The molecule has 0 spiro atoms. The Labute approximate surface area is 164 Å². The molecule has 148 valence electrons. The first-order valence-corrected chi connectivity index (χ1v) is 9.80. The summed E-state index contributed by atoms with van der Waals surface area (Å²) in [4.78, 5) is 28.7. The summed E-state index contributed by atoms with van der Waals surface area (Å²) in [5, 5.41) is 5.94. The Bertz CT molecular complexity index is 772.